The lowest BCUT2D eigenvalue weighted by Gasteiger charge is -2.21. The number of carboxylic acids is 1. The summed E-state index contributed by atoms with van der Waals surface area (Å²) in [5, 5.41) is 12.2. The average molecular weight is 265 g/mol. The molecule has 0 radical (unpaired) electrons. The number of hydrogen-bond donors (Lipinski definition) is 2. The Balaban J connectivity index is 2.29. The maximum atomic E-state index is 11.1. The van der Waals surface area contributed by atoms with E-state index in [9.17, 15) is 4.79 Å². The summed E-state index contributed by atoms with van der Waals surface area (Å²) in [6.07, 6.45) is 0.852. The Kier molecular flexibility index (Phi) is 4.27. The summed E-state index contributed by atoms with van der Waals surface area (Å²) in [6.45, 7) is 2.95. The number of ether oxygens (including phenoxy) is 2. The molecule has 0 amide bonds. The van der Waals surface area contributed by atoms with Crippen molar-refractivity contribution in [2.24, 2.45) is 5.92 Å². The summed E-state index contributed by atoms with van der Waals surface area (Å²) in [7, 11) is 1.76. The molecule has 1 aromatic carbocycles. The molecule has 0 aromatic heterocycles. The minimum Gasteiger partial charge on any atom is -0.490 e. The van der Waals surface area contributed by atoms with E-state index in [0.717, 1.165) is 17.7 Å². The van der Waals surface area contributed by atoms with Crippen molar-refractivity contribution < 1.29 is 19.4 Å². The van der Waals surface area contributed by atoms with Crippen molar-refractivity contribution in [1.29, 1.82) is 0 Å². The lowest BCUT2D eigenvalue weighted by atomic mass is 9.94. The lowest BCUT2D eigenvalue weighted by Crippen LogP contribution is -2.28. The number of benzene rings is 1. The number of carbonyl (C=O) groups is 1. The van der Waals surface area contributed by atoms with Crippen LogP contribution < -0.4 is 14.8 Å². The van der Waals surface area contributed by atoms with Crippen LogP contribution in [0.1, 0.15) is 24.9 Å². The molecule has 0 spiro atoms. The predicted molar refractivity (Wildman–Crippen MR) is 70.6 cm³/mol. The van der Waals surface area contributed by atoms with Crippen molar-refractivity contribution in [3.63, 3.8) is 0 Å². The van der Waals surface area contributed by atoms with Crippen LogP contribution in [-0.4, -0.2) is 31.3 Å². The Morgan fingerprint density at radius 3 is 2.63 bits per heavy atom. The van der Waals surface area contributed by atoms with E-state index in [2.05, 4.69) is 5.32 Å². The number of carboxylic acid groups (broad SMARTS) is 1. The van der Waals surface area contributed by atoms with Gasteiger partial charge in [0.2, 0.25) is 0 Å². The molecule has 0 fully saturated rings. The van der Waals surface area contributed by atoms with Crippen molar-refractivity contribution >= 4 is 5.97 Å². The van der Waals surface area contributed by atoms with Crippen LogP contribution in [0, 0.1) is 5.92 Å². The summed E-state index contributed by atoms with van der Waals surface area (Å²) in [6, 6.07) is 5.33. The Morgan fingerprint density at radius 2 is 2.00 bits per heavy atom. The second-order valence-corrected chi connectivity index (χ2v) is 4.65. The molecule has 2 N–H and O–H groups in total. The third-order valence-corrected chi connectivity index (χ3v) is 3.33. The first-order chi connectivity index (χ1) is 9.13. The first-order valence-corrected chi connectivity index (χ1v) is 6.43. The molecular weight excluding hydrogens is 246 g/mol. The van der Waals surface area contributed by atoms with E-state index in [1.807, 2.05) is 18.2 Å². The normalized spacial score (nSPS) is 17.4. The number of fused-ring (bicyclic) bond motifs is 1. The third kappa shape index (κ3) is 2.98. The fourth-order valence-electron chi connectivity index (χ4n) is 2.22. The molecule has 0 aliphatic carbocycles. The summed E-state index contributed by atoms with van der Waals surface area (Å²) >= 11 is 0. The lowest BCUT2D eigenvalue weighted by molar-refractivity contribution is -0.142. The van der Waals surface area contributed by atoms with Crippen molar-refractivity contribution in [2.45, 2.75) is 19.4 Å². The summed E-state index contributed by atoms with van der Waals surface area (Å²) in [5.41, 5.74) is 0.890. The van der Waals surface area contributed by atoms with E-state index in [-0.39, 0.29) is 6.04 Å². The van der Waals surface area contributed by atoms with Gasteiger partial charge >= 0.3 is 5.97 Å². The van der Waals surface area contributed by atoms with Gasteiger partial charge in [0.25, 0.3) is 0 Å². The van der Waals surface area contributed by atoms with Gasteiger partial charge in [-0.1, -0.05) is 13.0 Å². The molecule has 1 aliphatic heterocycles. The molecule has 5 nitrogen and oxygen atoms in total. The second-order valence-electron chi connectivity index (χ2n) is 4.65. The van der Waals surface area contributed by atoms with Crippen molar-refractivity contribution in [3.05, 3.63) is 23.8 Å². The van der Waals surface area contributed by atoms with Crippen molar-refractivity contribution in [3.8, 4) is 11.5 Å². The zero-order chi connectivity index (χ0) is 13.8. The van der Waals surface area contributed by atoms with E-state index >= 15 is 0 Å². The van der Waals surface area contributed by atoms with Crippen LogP contribution >= 0.6 is 0 Å². The van der Waals surface area contributed by atoms with Gasteiger partial charge in [-0.05, 0) is 24.7 Å². The van der Waals surface area contributed by atoms with Gasteiger partial charge in [-0.15, -0.1) is 0 Å². The van der Waals surface area contributed by atoms with Crippen molar-refractivity contribution in [1.82, 2.24) is 5.32 Å². The molecule has 104 valence electrons. The highest BCUT2D eigenvalue weighted by atomic mass is 16.5. The zero-order valence-electron chi connectivity index (χ0n) is 11.2. The molecule has 1 aromatic rings. The maximum absolute atomic E-state index is 11.1. The van der Waals surface area contributed by atoms with Gasteiger partial charge in [0, 0.05) is 12.5 Å². The van der Waals surface area contributed by atoms with Crippen LogP contribution in [0.3, 0.4) is 0 Å². The molecule has 2 atom stereocenters. The molecule has 0 saturated carbocycles. The van der Waals surface area contributed by atoms with Gasteiger partial charge in [-0.25, -0.2) is 0 Å². The van der Waals surface area contributed by atoms with Gasteiger partial charge in [0.1, 0.15) is 0 Å². The highest BCUT2D eigenvalue weighted by molar-refractivity contribution is 5.71. The van der Waals surface area contributed by atoms with E-state index < -0.39 is 11.9 Å². The Hall–Kier alpha value is -1.75. The molecule has 1 heterocycles. The quantitative estimate of drug-likeness (QED) is 0.869. The van der Waals surface area contributed by atoms with E-state index in [1.54, 1.807) is 14.0 Å². The molecule has 0 saturated heterocycles. The molecule has 5 heteroatoms. The van der Waals surface area contributed by atoms with Crippen LogP contribution in [0.4, 0.5) is 0 Å². The first kappa shape index (κ1) is 13.7. The van der Waals surface area contributed by atoms with Gasteiger partial charge < -0.3 is 19.9 Å². The fourth-order valence-corrected chi connectivity index (χ4v) is 2.22. The van der Waals surface area contributed by atoms with E-state index in [1.165, 1.54) is 0 Å². The third-order valence-electron chi connectivity index (χ3n) is 3.33. The fraction of sp³-hybridized carbons (Fsp3) is 0.500. The topological polar surface area (TPSA) is 67.8 Å². The molecule has 1 aliphatic rings. The molecule has 0 bridgehead atoms. The maximum Gasteiger partial charge on any atom is 0.308 e. The zero-order valence-corrected chi connectivity index (χ0v) is 11.2. The molecule has 2 unspecified atom stereocenters. The van der Waals surface area contributed by atoms with Crippen LogP contribution in [0.25, 0.3) is 0 Å². The number of rotatable bonds is 4. The van der Waals surface area contributed by atoms with Gasteiger partial charge in [-0.3, -0.25) is 4.79 Å². The summed E-state index contributed by atoms with van der Waals surface area (Å²) < 4.78 is 11.2. The summed E-state index contributed by atoms with van der Waals surface area (Å²) in [5.74, 6) is 0.0631. The molecule has 2 rings (SSSR count). The number of aliphatic carboxylic acids is 1. The van der Waals surface area contributed by atoms with E-state index in [0.29, 0.717) is 19.0 Å². The monoisotopic (exact) mass is 265 g/mol. The van der Waals surface area contributed by atoms with Crippen LogP contribution in [0.5, 0.6) is 11.5 Å². The largest absolute Gasteiger partial charge is 0.490 e. The van der Waals surface area contributed by atoms with E-state index in [4.69, 9.17) is 14.6 Å². The Bertz CT molecular complexity index is 461. The minimum absolute atomic E-state index is 0.255. The number of hydrogen-bond acceptors (Lipinski definition) is 4. The van der Waals surface area contributed by atoms with Crippen LogP contribution in [0.15, 0.2) is 18.2 Å². The van der Waals surface area contributed by atoms with Gasteiger partial charge in [0.15, 0.2) is 11.5 Å². The smallest absolute Gasteiger partial charge is 0.308 e. The Morgan fingerprint density at radius 1 is 1.32 bits per heavy atom. The van der Waals surface area contributed by atoms with Crippen molar-refractivity contribution in [2.75, 3.05) is 20.3 Å². The highest BCUT2D eigenvalue weighted by Crippen LogP contribution is 2.34. The average Bonchev–Trinajstić information content (AvgIpc) is 2.64. The standard InChI is InChI=1S/C14H19NO4/c1-9(14(16)17)13(15-2)10-4-5-11-12(8-10)19-7-3-6-18-11/h4-5,8-9,13,15H,3,6-7H2,1-2H3,(H,16,17). The van der Waals surface area contributed by atoms with Crippen LogP contribution in [0.2, 0.25) is 0 Å². The highest BCUT2D eigenvalue weighted by Gasteiger charge is 2.25. The summed E-state index contributed by atoms with van der Waals surface area (Å²) in [4.78, 5) is 11.1. The van der Waals surface area contributed by atoms with Crippen LogP contribution in [-0.2, 0) is 4.79 Å². The SMILES string of the molecule is CNC(c1ccc2c(c1)OCCCO2)C(C)C(=O)O. The predicted octanol–water partition coefficient (Wildman–Crippen LogP) is 1.83. The number of nitrogens with one attached hydrogen (secondary N) is 1. The Labute approximate surface area is 112 Å². The first-order valence-electron chi connectivity index (χ1n) is 6.43. The molecule has 19 heavy (non-hydrogen) atoms. The molecular formula is C14H19NO4. The van der Waals surface area contributed by atoms with Gasteiger partial charge in [-0.2, -0.15) is 0 Å². The minimum atomic E-state index is -0.827. The van der Waals surface area contributed by atoms with Gasteiger partial charge in [0.05, 0.1) is 19.1 Å². The second kappa shape index (κ2) is 5.93.